The van der Waals surface area contributed by atoms with Gasteiger partial charge in [0, 0.05) is 13.1 Å². The topological polar surface area (TPSA) is 40.5 Å². The van der Waals surface area contributed by atoms with Crippen LogP contribution < -0.4 is 0 Å². The summed E-state index contributed by atoms with van der Waals surface area (Å²) >= 11 is 0. The Kier molecular flexibility index (Phi) is 3.02. The number of Topliss-reactive ketones (excluding diaryl/α,β-unsaturated/α-hetero) is 1. The summed E-state index contributed by atoms with van der Waals surface area (Å²) < 4.78 is 0. The van der Waals surface area contributed by atoms with Crippen molar-refractivity contribution >= 4 is 5.78 Å². The van der Waals surface area contributed by atoms with Gasteiger partial charge < -0.3 is 5.11 Å². The van der Waals surface area contributed by atoms with Gasteiger partial charge in [-0.15, -0.1) is 0 Å². The highest BCUT2D eigenvalue weighted by molar-refractivity contribution is 5.77. The van der Waals surface area contributed by atoms with E-state index in [2.05, 4.69) is 4.90 Å². The number of hydrogen-bond donors (Lipinski definition) is 1. The minimum absolute atomic E-state index is 0.141. The Balaban J connectivity index is 2.22. The van der Waals surface area contributed by atoms with Gasteiger partial charge in [0.15, 0.2) is 0 Å². The molecule has 1 fully saturated rings. The van der Waals surface area contributed by atoms with Crippen LogP contribution in [0.3, 0.4) is 0 Å². The van der Waals surface area contributed by atoms with Crippen molar-refractivity contribution in [2.75, 3.05) is 19.6 Å². The summed E-state index contributed by atoms with van der Waals surface area (Å²) in [5, 5.41) is 9.15. The summed E-state index contributed by atoms with van der Waals surface area (Å²) in [7, 11) is 0. The first-order valence-electron chi connectivity index (χ1n) is 4.08. The molecule has 0 bridgehead atoms. The van der Waals surface area contributed by atoms with Gasteiger partial charge in [0.1, 0.15) is 5.78 Å². The van der Waals surface area contributed by atoms with E-state index >= 15 is 0 Å². The molecule has 0 aromatic rings. The summed E-state index contributed by atoms with van der Waals surface area (Å²) in [4.78, 5) is 12.8. The third-order valence-corrected chi connectivity index (χ3v) is 2.00. The lowest BCUT2D eigenvalue weighted by Crippen LogP contribution is -2.38. The highest BCUT2D eigenvalue weighted by atomic mass is 16.3. The fourth-order valence-electron chi connectivity index (χ4n) is 1.39. The van der Waals surface area contributed by atoms with E-state index in [0.29, 0.717) is 6.54 Å². The van der Waals surface area contributed by atoms with Crippen molar-refractivity contribution < 1.29 is 9.90 Å². The molecule has 1 aliphatic heterocycles. The molecule has 1 N–H and O–H groups in total. The molecule has 0 aliphatic carbocycles. The number of carbonyl (C=O) groups is 1. The lowest BCUT2D eigenvalue weighted by Gasteiger charge is -2.28. The molecule has 1 rings (SSSR count). The van der Waals surface area contributed by atoms with E-state index in [4.69, 9.17) is 5.11 Å². The van der Waals surface area contributed by atoms with Crippen LogP contribution in [0.15, 0.2) is 0 Å². The van der Waals surface area contributed by atoms with E-state index < -0.39 is 0 Å². The third-order valence-electron chi connectivity index (χ3n) is 2.00. The molecule has 64 valence electrons. The first-order chi connectivity index (χ1) is 5.18. The quantitative estimate of drug-likeness (QED) is 0.615. The van der Waals surface area contributed by atoms with Crippen molar-refractivity contribution in [3.05, 3.63) is 0 Å². The maximum atomic E-state index is 10.7. The maximum Gasteiger partial charge on any atom is 0.143 e. The van der Waals surface area contributed by atoms with Crippen LogP contribution in [0.5, 0.6) is 0 Å². The number of aliphatic hydroxyl groups is 1. The molecule has 0 atom stereocenters. The summed E-state index contributed by atoms with van der Waals surface area (Å²) in [5.41, 5.74) is 0. The number of aliphatic hydroxyl groups excluding tert-OH is 1. The molecule has 0 unspecified atom stereocenters. The molecule has 1 saturated heterocycles. The van der Waals surface area contributed by atoms with Crippen molar-refractivity contribution in [1.29, 1.82) is 0 Å². The molecule has 0 saturated carbocycles. The predicted octanol–water partition coefficient (Wildman–Crippen LogP) is 0.0321. The second kappa shape index (κ2) is 3.83. The molecule has 1 heterocycles. The van der Waals surface area contributed by atoms with E-state index in [1.54, 1.807) is 6.92 Å². The van der Waals surface area contributed by atoms with Gasteiger partial charge in [-0.2, -0.15) is 0 Å². The van der Waals surface area contributed by atoms with Gasteiger partial charge in [-0.25, -0.2) is 0 Å². The fourth-order valence-corrected chi connectivity index (χ4v) is 1.39. The molecule has 0 spiro atoms. The van der Waals surface area contributed by atoms with E-state index in [-0.39, 0.29) is 11.9 Å². The van der Waals surface area contributed by atoms with Crippen molar-refractivity contribution in [3.63, 3.8) is 0 Å². The molecule has 0 aromatic heterocycles. The standard InChI is InChI=1S/C8H15NO2/c1-7(10)6-9-4-2-8(11)3-5-9/h8,11H,2-6H2,1H3. The highest BCUT2D eigenvalue weighted by Crippen LogP contribution is 2.08. The summed E-state index contributed by atoms with van der Waals surface area (Å²) in [5.74, 6) is 0.210. The zero-order valence-electron chi connectivity index (χ0n) is 6.92. The molecular formula is C8H15NO2. The first-order valence-corrected chi connectivity index (χ1v) is 4.08. The Labute approximate surface area is 67.0 Å². The Hall–Kier alpha value is -0.410. The van der Waals surface area contributed by atoms with Gasteiger partial charge in [0.25, 0.3) is 0 Å². The van der Waals surface area contributed by atoms with Crippen LogP contribution in [0.2, 0.25) is 0 Å². The molecule has 0 amide bonds. The first kappa shape index (κ1) is 8.68. The molecular weight excluding hydrogens is 142 g/mol. The van der Waals surface area contributed by atoms with Crippen molar-refractivity contribution in [1.82, 2.24) is 4.90 Å². The Morgan fingerprint density at radius 3 is 2.55 bits per heavy atom. The number of hydrogen-bond acceptors (Lipinski definition) is 3. The van der Waals surface area contributed by atoms with E-state index in [0.717, 1.165) is 25.9 Å². The third kappa shape index (κ3) is 2.99. The second-order valence-electron chi connectivity index (χ2n) is 3.21. The highest BCUT2D eigenvalue weighted by Gasteiger charge is 2.17. The average molecular weight is 157 g/mol. The van der Waals surface area contributed by atoms with Gasteiger partial charge in [-0.05, 0) is 19.8 Å². The molecule has 11 heavy (non-hydrogen) atoms. The molecule has 0 radical (unpaired) electrons. The minimum atomic E-state index is -0.141. The second-order valence-corrected chi connectivity index (χ2v) is 3.21. The van der Waals surface area contributed by atoms with Gasteiger partial charge >= 0.3 is 0 Å². The number of carbonyl (C=O) groups excluding carboxylic acids is 1. The van der Waals surface area contributed by atoms with Crippen LogP contribution in [0, 0.1) is 0 Å². The zero-order chi connectivity index (χ0) is 8.27. The zero-order valence-corrected chi connectivity index (χ0v) is 6.92. The average Bonchev–Trinajstić information content (AvgIpc) is 1.93. The number of rotatable bonds is 2. The van der Waals surface area contributed by atoms with Crippen LogP contribution in [0.25, 0.3) is 0 Å². The van der Waals surface area contributed by atoms with Gasteiger partial charge in [0.2, 0.25) is 0 Å². The normalized spacial score (nSPS) is 22.0. The lowest BCUT2D eigenvalue weighted by atomic mass is 10.1. The van der Waals surface area contributed by atoms with Crippen LogP contribution in [0.4, 0.5) is 0 Å². The van der Waals surface area contributed by atoms with Crippen LogP contribution in [0.1, 0.15) is 19.8 Å². The molecule has 0 aromatic carbocycles. The number of ketones is 1. The molecule has 3 nitrogen and oxygen atoms in total. The Morgan fingerprint density at radius 2 is 2.09 bits per heavy atom. The number of piperidine rings is 1. The number of likely N-dealkylation sites (tertiary alicyclic amines) is 1. The predicted molar refractivity (Wildman–Crippen MR) is 42.4 cm³/mol. The smallest absolute Gasteiger partial charge is 0.143 e. The van der Waals surface area contributed by atoms with Gasteiger partial charge in [0.05, 0.1) is 12.6 Å². The van der Waals surface area contributed by atoms with Crippen molar-refractivity contribution in [3.8, 4) is 0 Å². The largest absolute Gasteiger partial charge is 0.393 e. The minimum Gasteiger partial charge on any atom is -0.393 e. The van der Waals surface area contributed by atoms with Crippen molar-refractivity contribution in [2.45, 2.75) is 25.9 Å². The SMILES string of the molecule is CC(=O)CN1CCC(O)CC1. The fraction of sp³-hybridized carbons (Fsp3) is 0.875. The van der Waals surface area contributed by atoms with Crippen LogP contribution >= 0.6 is 0 Å². The Morgan fingerprint density at radius 1 is 1.55 bits per heavy atom. The summed E-state index contributed by atoms with van der Waals surface area (Å²) in [6.07, 6.45) is 1.49. The van der Waals surface area contributed by atoms with E-state index in [9.17, 15) is 4.79 Å². The van der Waals surface area contributed by atoms with Crippen LogP contribution in [-0.4, -0.2) is 41.5 Å². The van der Waals surface area contributed by atoms with E-state index in [1.807, 2.05) is 0 Å². The molecule has 3 heteroatoms. The maximum absolute atomic E-state index is 10.7. The summed E-state index contributed by atoms with van der Waals surface area (Å²) in [6, 6.07) is 0. The summed E-state index contributed by atoms with van der Waals surface area (Å²) in [6.45, 7) is 3.87. The van der Waals surface area contributed by atoms with Crippen molar-refractivity contribution in [2.24, 2.45) is 0 Å². The van der Waals surface area contributed by atoms with Crippen LogP contribution in [-0.2, 0) is 4.79 Å². The monoisotopic (exact) mass is 157 g/mol. The lowest BCUT2D eigenvalue weighted by molar-refractivity contribution is -0.118. The Bertz CT molecular complexity index is 139. The van der Waals surface area contributed by atoms with Gasteiger partial charge in [-0.3, -0.25) is 9.69 Å². The van der Waals surface area contributed by atoms with E-state index in [1.165, 1.54) is 0 Å². The molecule has 1 aliphatic rings. The van der Waals surface area contributed by atoms with Gasteiger partial charge in [-0.1, -0.05) is 0 Å². The number of nitrogens with zero attached hydrogens (tertiary/aromatic N) is 1.